The summed E-state index contributed by atoms with van der Waals surface area (Å²) >= 11 is 0. The minimum absolute atomic E-state index is 0.974. The Morgan fingerprint density at radius 3 is 2.46 bits per heavy atom. The van der Waals surface area contributed by atoms with Crippen LogP contribution in [-0.4, -0.2) is 9.55 Å². The smallest absolute Gasteiger partial charge is 0.144 e. The Morgan fingerprint density at radius 1 is 0.857 bits per heavy atom. The Kier molecular flexibility index (Phi) is 3.98. The van der Waals surface area contributed by atoms with Gasteiger partial charge < -0.3 is 0 Å². The lowest BCUT2D eigenvalue weighted by Gasteiger charge is -2.14. The van der Waals surface area contributed by atoms with Gasteiger partial charge in [0, 0.05) is 23.5 Å². The summed E-state index contributed by atoms with van der Waals surface area (Å²) in [5.41, 5.74) is 10.1. The van der Waals surface area contributed by atoms with E-state index in [2.05, 4.69) is 97.4 Å². The van der Waals surface area contributed by atoms with Crippen LogP contribution in [0, 0.1) is 13.8 Å². The van der Waals surface area contributed by atoms with Crippen LogP contribution in [-0.2, 0) is 6.42 Å². The molecule has 0 spiro atoms. The fourth-order valence-corrected chi connectivity index (χ4v) is 4.28. The van der Waals surface area contributed by atoms with Crippen molar-refractivity contribution in [3.8, 4) is 28.2 Å². The van der Waals surface area contributed by atoms with E-state index in [0.29, 0.717) is 0 Å². The zero-order valence-corrected chi connectivity index (χ0v) is 16.2. The highest BCUT2D eigenvalue weighted by Crippen LogP contribution is 2.33. The molecule has 0 fully saturated rings. The fourth-order valence-electron chi connectivity index (χ4n) is 4.28. The molecule has 0 saturated heterocycles. The van der Waals surface area contributed by atoms with Crippen LogP contribution in [0.5, 0.6) is 0 Å². The number of fused-ring (bicyclic) bond motifs is 1. The molecule has 136 valence electrons. The Labute approximate surface area is 165 Å². The Bertz CT molecular complexity index is 1190. The van der Waals surface area contributed by atoms with Gasteiger partial charge in [-0.2, -0.15) is 0 Å². The Morgan fingerprint density at radius 2 is 1.61 bits per heavy atom. The minimum atomic E-state index is 0.974. The van der Waals surface area contributed by atoms with Crippen molar-refractivity contribution in [2.75, 3.05) is 0 Å². The molecular weight excluding hydrogens is 340 g/mol. The number of aryl methyl sites for hydroxylation is 2. The van der Waals surface area contributed by atoms with Gasteiger partial charge in [0.2, 0.25) is 0 Å². The number of benzene rings is 3. The van der Waals surface area contributed by atoms with Crippen LogP contribution in [0.3, 0.4) is 0 Å². The summed E-state index contributed by atoms with van der Waals surface area (Å²) in [7, 11) is 0. The molecule has 0 bridgehead atoms. The van der Waals surface area contributed by atoms with E-state index in [1.807, 2.05) is 6.20 Å². The molecule has 2 heteroatoms. The second-order valence-corrected chi connectivity index (χ2v) is 7.42. The van der Waals surface area contributed by atoms with Crippen molar-refractivity contribution >= 4 is 6.08 Å². The predicted molar refractivity (Wildman–Crippen MR) is 117 cm³/mol. The molecule has 28 heavy (non-hydrogen) atoms. The van der Waals surface area contributed by atoms with Crippen molar-refractivity contribution in [2.45, 2.75) is 20.3 Å². The number of allylic oxidation sites excluding steroid dienone is 1. The molecule has 0 aliphatic heterocycles. The van der Waals surface area contributed by atoms with Gasteiger partial charge in [0.15, 0.2) is 0 Å². The molecule has 2 nitrogen and oxygen atoms in total. The predicted octanol–water partition coefficient (Wildman–Crippen LogP) is 6.39. The lowest BCUT2D eigenvalue weighted by molar-refractivity contribution is 1.06. The SMILES string of the molecule is Cc1cccc(C)c1-c1cccc(-c2nccn2-c2cccc3c2C=CC3)c1. The maximum absolute atomic E-state index is 4.71. The van der Waals surface area contributed by atoms with E-state index in [0.717, 1.165) is 17.8 Å². The van der Waals surface area contributed by atoms with Gasteiger partial charge >= 0.3 is 0 Å². The summed E-state index contributed by atoms with van der Waals surface area (Å²) in [5.74, 6) is 0.974. The molecule has 4 aromatic rings. The topological polar surface area (TPSA) is 17.8 Å². The van der Waals surface area contributed by atoms with E-state index >= 15 is 0 Å². The van der Waals surface area contributed by atoms with Gasteiger partial charge in [-0.05, 0) is 60.2 Å². The monoisotopic (exact) mass is 362 g/mol. The lowest BCUT2D eigenvalue weighted by Crippen LogP contribution is -2.00. The fraction of sp³-hybridized carbons (Fsp3) is 0.115. The molecule has 5 rings (SSSR count). The maximum Gasteiger partial charge on any atom is 0.144 e. The van der Waals surface area contributed by atoms with Crippen LogP contribution in [0.25, 0.3) is 34.3 Å². The van der Waals surface area contributed by atoms with Gasteiger partial charge in [-0.25, -0.2) is 4.98 Å². The second kappa shape index (κ2) is 6.65. The molecule has 0 amide bonds. The second-order valence-electron chi connectivity index (χ2n) is 7.42. The normalized spacial score (nSPS) is 12.4. The number of hydrogen-bond donors (Lipinski definition) is 0. The first-order valence-corrected chi connectivity index (χ1v) is 9.71. The van der Waals surface area contributed by atoms with E-state index < -0.39 is 0 Å². The molecule has 0 radical (unpaired) electrons. The first kappa shape index (κ1) is 16.8. The summed E-state index contributed by atoms with van der Waals surface area (Å²) in [4.78, 5) is 4.71. The van der Waals surface area contributed by atoms with Crippen molar-refractivity contribution in [3.05, 3.63) is 101 Å². The molecule has 0 N–H and O–H groups in total. The lowest BCUT2D eigenvalue weighted by atomic mass is 9.94. The zero-order chi connectivity index (χ0) is 19.1. The third kappa shape index (κ3) is 2.69. The quantitative estimate of drug-likeness (QED) is 0.413. The van der Waals surface area contributed by atoms with Gasteiger partial charge in [0.25, 0.3) is 0 Å². The zero-order valence-electron chi connectivity index (χ0n) is 16.2. The molecule has 0 atom stereocenters. The van der Waals surface area contributed by atoms with Crippen LogP contribution < -0.4 is 0 Å². The average Bonchev–Trinajstić information content (AvgIpc) is 3.37. The van der Waals surface area contributed by atoms with Crippen LogP contribution in [0.4, 0.5) is 0 Å². The number of nitrogens with zero attached hydrogens (tertiary/aromatic N) is 2. The number of rotatable bonds is 3. The molecule has 1 aromatic heterocycles. The Balaban J connectivity index is 1.65. The molecule has 0 saturated carbocycles. The van der Waals surface area contributed by atoms with E-state index in [9.17, 15) is 0 Å². The number of imidazole rings is 1. The van der Waals surface area contributed by atoms with Gasteiger partial charge in [-0.3, -0.25) is 4.57 Å². The third-order valence-corrected chi connectivity index (χ3v) is 5.59. The van der Waals surface area contributed by atoms with Crippen molar-refractivity contribution in [2.24, 2.45) is 0 Å². The highest BCUT2D eigenvalue weighted by Gasteiger charge is 2.15. The van der Waals surface area contributed by atoms with Crippen LogP contribution in [0.2, 0.25) is 0 Å². The molecule has 1 aliphatic rings. The minimum Gasteiger partial charge on any atom is -0.299 e. The van der Waals surface area contributed by atoms with E-state index in [-0.39, 0.29) is 0 Å². The van der Waals surface area contributed by atoms with Crippen molar-refractivity contribution < 1.29 is 0 Å². The van der Waals surface area contributed by atoms with E-state index in [1.54, 1.807) is 0 Å². The van der Waals surface area contributed by atoms with Gasteiger partial charge in [0.1, 0.15) is 5.82 Å². The van der Waals surface area contributed by atoms with Crippen molar-refractivity contribution in [3.63, 3.8) is 0 Å². The highest BCUT2D eigenvalue weighted by molar-refractivity contribution is 5.76. The summed E-state index contributed by atoms with van der Waals surface area (Å²) in [5, 5.41) is 0. The summed E-state index contributed by atoms with van der Waals surface area (Å²) in [6.07, 6.45) is 9.41. The molecule has 3 aromatic carbocycles. The summed E-state index contributed by atoms with van der Waals surface area (Å²) < 4.78 is 2.21. The van der Waals surface area contributed by atoms with Crippen LogP contribution >= 0.6 is 0 Å². The highest BCUT2D eigenvalue weighted by atomic mass is 15.1. The Hall–Kier alpha value is -3.39. The summed E-state index contributed by atoms with van der Waals surface area (Å²) in [6, 6.07) is 21.7. The third-order valence-electron chi connectivity index (χ3n) is 5.59. The standard InChI is InChI=1S/C26H22N2/c1-18-7-3-8-19(2)25(18)21-11-4-12-22(17-21)26-27-15-16-28(26)24-14-6-10-20-9-5-13-23(20)24/h3-8,10-17H,9H2,1-2H3. The van der Waals surface area contributed by atoms with E-state index in [1.165, 1.54) is 39.1 Å². The first-order valence-electron chi connectivity index (χ1n) is 9.71. The molecule has 1 aliphatic carbocycles. The first-order chi connectivity index (χ1) is 13.7. The van der Waals surface area contributed by atoms with Gasteiger partial charge in [-0.1, -0.05) is 60.7 Å². The van der Waals surface area contributed by atoms with Crippen molar-refractivity contribution in [1.29, 1.82) is 0 Å². The average molecular weight is 362 g/mol. The molecule has 1 heterocycles. The molecule has 0 unspecified atom stereocenters. The number of hydrogen-bond acceptors (Lipinski definition) is 1. The molecular formula is C26H22N2. The maximum atomic E-state index is 4.71. The van der Waals surface area contributed by atoms with Crippen molar-refractivity contribution in [1.82, 2.24) is 9.55 Å². The summed E-state index contributed by atoms with van der Waals surface area (Å²) in [6.45, 7) is 4.35. The van der Waals surface area contributed by atoms with Crippen LogP contribution in [0.1, 0.15) is 22.3 Å². The largest absolute Gasteiger partial charge is 0.299 e. The van der Waals surface area contributed by atoms with Gasteiger partial charge in [0.05, 0.1) is 5.69 Å². The number of aromatic nitrogens is 2. The van der Waals surface area contributed by atoms with E-state index in [4.69, 9.17) is 4.98 Å². The van der Waals surface area contributed by atoms with Crippen LogP contribution in [0.15, 0.2) is 79.1 Å². The van der Waals surface area contributed by atoms with Gasteiger partial charge in [-0.15, -0.1) is 0 Å².